The molecule has 0 fully saturated rings. The summed E-state index contributed by atoms with van der Waals surface area (Å²) in [5.41, 5.74) is 1.15. The van der Waals surface area contributed by atoms with Gasteiger partial charge < -0.3 is 10.6 Å². The van der Waals surface area contributed by atoms with Crippen LogP contribution in [0.2, 0.25) is 0 Å². The molecule has 4 nitrogen and oxygen atoms in total. The van der Waals surface area contributed by atoms with Crippen LogP contribution in [0, 0.1) is 0 Å². The molecule has 72 valence electrons. The Morgan fingerprint density at radius 1 is 1.29 bits per heavy atom. The lowest BCUT2D eigenvalue weighted by atomic mass is 9.98. The molecule has 1 heterocycles. The van der Waals surface area contributed by atoms with Crippen molar-refractivity contribution in [1.29, 1.82) is 0 Å². The van der Waals surface area contributed by atoms with Gasteiger partial charge in [0.1, 0.15) is 0 Å². The lowest BCUT2D eigenvalue weighted by Gasteiger charge is -2.22. The summed E-state index contributed by atoms with van der Waals surface area (Å²) in [5.74, 6) is -0.469. The first-order valence-electron chi connectivity index (χ1n) is 4.35. The molecule has 1 aromatic rings. The molecular formula is C10H10N2O2. The fourth-order valence-corrected chi connectivity index (χ4v) is 1.55. The van der Waals surface area contributed by atoms with E-state index in [4.69, 9.17) is 0 Å². The summed E-state index contributed by atoms with van der Waals surface area (Å²) in [7, 11) is 1.59. The fraction of sp³-hybridized carbons (Fsp3) is 0.200. The summed E-state index contributed by atoms with van der Waals surface area (Å²) < 4.78 is 0. The Hall–Kier alpha value is -1.68. The van der Waals surface area contributed by atoms with E-state index in [0.29, 0.717) is 11.3 Å². The smallest absolute Gasteiger partial charge is 0.249 e. The zero-order valence-electron chi connectivity index (χ0n) is 7.70. The van der Waals surface area contributed by atoms with Crippen molar-refractivity contribution in [2.75, 3.05) is 12.4 Å². The number of hydrogen-bond donors (Lipinski definition) is 2. The molecule has 0 radical (unpaired) electrons. The molecule has 2 rings (SSSR count). The van der Waals surface area contributed by atoms with Gasteiger partial charge in [-0.2, -0.15) is 0 Å². The van der Waals surface area contributed by atoms with Crippen molar-refractivity contribution in [3.63, 3.8) is 0 Å². The van der Waals surface area contributed by atoms with Crippen LogP contribution in [0.25, 0.3) is 0 Å². The fourth-order valence-electron chi connectivity index (χ4n) is 1.55. The zero-order valence-corrected chi connectivity index (χ0v) is 7.70. The lowest BCUT2D eigenvalue weighted by Crippen LogP contribution is -2.48. The van der Waals surface area contributed by atoms with Crippen LogP contribution in [0.15, 0.2) is 24.3 Å². The van der Waals surface area contributed by atoms with Crippen LogP contribution < -0.4 is 10.6 Å². The second-order valence-electron chi connectivity index (χ2n) is 3.12. The van der Waals surface area contributed by atoms with Gasteiger partial charge in [-0.1, -0.05) is 12.1 Å². The van der Waals surface area contributed by atoms with E-state index in [1.807, 2.05) is 0 Å². The highest BCUT2D eigenvalue weighted by Gasteiger charge is 2.32. The molecular weight excluding hydrogens is 180 g/mol. The average Bonchev–Trinajstić information content (AvgIpc) is 2.18. The number of hydrogen-bond acceptors (Lipinski definition) is 3. The molecule has 0 saturated heterocycles. The standard InChI is InChI=1S/C10H10N2O2/c1-11-8-9(13)6-4-2-3-5-7(6)12-10(8)14/h2-5,8,11H,1H3,(H,12,14). The van der Waals surface area contributed by atoms with Gasteiger partial charge in [-0.15, -0.1) is 0 Å². The summed E-state index contributed by atoms with van der Waals surface area (Å²) in [6, 6.07) is 6.23. The van der Waals surface area contributed by atoms with Crippen molar-refractivity contribution in [2.45, 2.75) is 6.04 Å². The molecule has 4 heteroatoms. The molecule has 1 unspecified atom stereocenters. The van der Waals surface area contributed by atoms with Gasteiger partial charge in [-0.05, 0) is 19.2 Å². The molecule has 1 aliphatic rings. The topological polar surface area (TPSA) is 58.2 Å². The van der Waals surface area contributed by atoms with Crippen LogP contribution in [0.3, 0.4) is 0 Å². The monoisotopic (exact) mass is 190 g/mol. The number of amides is 1. The molecule has 0 aromatic heterocycles. The predicted octanol–water partition coefficient (Wildman–Crippen LogP) is 0.409. The predicted molar refractivity (Wildman–Crippen MR) is 52.2 cm³/mol. The number of likely N-dealkylation sites (N-methyl/N-ethyl adjacent to an activating group) is 1. The van der Waals surface area contributed by atoms with E-state index in [0.717, 1.165) is 0 Å². The third-order valence-electron chi connectivity index (χ3n) is 2.26. The van der Waals surface area contributed by atoms with Gasteiger partial charge in [-0.3, -0.25) is 9.59 Å². The SMILES string of the molecule is CNC1C(=O)Nc2ccccc2C1=O. The maximum atomic E-state index is 11.7. The lowest BCUT2D eigenvalue weighted by molar-refractivity contribution is -0.117. The second kappa shape index (κ2) is 3.23. The third kappa shape index (κ3) is 1.20. The third-order valence-corrected chi connectivity index (χ3v) is 2.26. The number of ketones is 1. The van der Waals surface area contributed by atoms with E-state index in [1.54, 1.807) is 31.3 Å². The quantitative estimate of drug-likeness (QED) is 0.630. The highest BCUT2D eigenvalue weighted by molar-refractivity contribution is 6.23. The number of benzene rings is 1. The van der Waals surface area contributed by atoms with Crippen LogP contribution in [0.1, 0.15) is 10.4 Å². The number of Topliss-reactive ketones (excluding diaryl/α,β-unsaturated/α-hetero) is 1. The Balaban J connectivity index is 2.49. The van der Waals surface area contributed by atoms with Gasteiger partial charge >= 0.3 is 0 Å². The van der Waals surface area contributed by atoms with Crippen molar-refractivity contribution in [1.82, 2.24) is 5.32 Å². The van der Waals surface area contributed by atoms with Crippen LogP contribution in [-0.4, -0.2) is 24.8 Å². The van der Waals surface area contributed by atoms with E-state index in [-0.39, 0.29) is 11.7 Å². The molecule has 14 heavy (non-hydrogen) atoms. The largest absolute Gasteiger partial charge is 0.324 e. The highest BCUT2D eigenvalue weighted by Crippen LogP contribution is 2.21. The number of nitrogens with one attached hydrogen (secondary N) is 2. The van der Waals surface area contributed by atoms with Gasteiger partial charge in [0.05, 0.1) is 5.69 Å². The molecule has 1 amide bonds. The van der Waals surface area contributed by atoms with Gasteiger partial charge in [0.25, 0.3) is 0 Å². The first-order chi connectivity index (χ1) is 6.74. The van der Waals surface area contributed by atoms with Gasteiger partial charge in [0.15, 0.2) is 11.8 Å². The second-order valence-corrected chi connectivity index (χ2v) is 3.12. The van der Waals surface area contributed by atoms with Crippen molar-refractivity contribution < 1.29 is 9.59 Å². The molecule has 0 aliphatic carbocycles. The van der Waals surface area contributed by atoms with E-state index >= 15 is 0 Å². The number of rotatable bonds is 1. The maximum absolute atomic E-state index is 11.7. The Labute approximate surface area is 81.3 Å². The summed E-state index contributed by atoms with van der Waals surface area (Å²) in [6.07, 6.45) is 0. The molecule has 0 bridgehead atoms. The average molecular weight is 190 g/mol. The molecule has 1 aliphatic heterocycles. The number of carbonyl (C=O) groups is 2. The molecule has 1 aromatic carbocycles. The van der Waals surface area contributed by atoms with Crippen molar-refractivity contribution in [3.8, 4) is 0 Å². The molecule has 2 N–H and O–H groups in total. The normalized spacial score (nSPS) is 20.2. The Bertz CT molecular complexity index is 401. The Morgan fingerprint density at radius 2 is 2.00 bits per heavy atom. The summed E-state index contributed by atoms with van der Waals surface area (Å²) >= 11 is 0. The Morgan fingerprint density at radius 3 is 2.71 bits per heavy atom. The summed E-state index contributed by atoms with van der Waals surface area (Å²) in [5, 5.41) is 5.35. The highest BCUT2D eigenvalue weighted by atomic mass is 16.2. The minimum Gasteiger partial charge on any atom is -0.324 e. The molecule has 0 spiro atoms. The van der Waals surface area contributed by atoms with E-state index in [1.165, 1.54) is 0 Å². The van der Waals surface area contributed by atoms with Crippen LogP contribution in [-0.2, 0) is 4.79 Å². The van der Waals surface area contributed by atoms with Gasteiger partial charge in [0, 0.05) is 5.56 Å². The van der Waals surface area contributed by atoms with Crippen LogP contribution in [0.5, 0.6) is 0 Å². The van der Waals surface area contributed by atoms with E-state index < -0.39 is 6.04 Å². The van der Waals surface area contributed by atoms with Crippen LogP contribution in [0.4, 0.5) is 5.69 Å². The van der Waals surface area contributed by atoms with E-state index in [2.05, 4.69) is 10.6 Å². The van der Waals surface area contributed by atoms with Gasteiger partial charge in [-0.25, -0.2) is 0 Å². The van der Waals surface area contributed by atoms with E-state index in [9.17, 15) is 9.59 Å². The number of fused-ring (bicyclic) bond motifs is 1. The summed E-state index contributed by atoms with van der Waals surface area (Å²) in [4.78, 5) is 23.1. The minimum absolute atomic E-state index is 0.174. The van der Waals surface area contributed by atoms with Crippen LogP contribution >= 0.6 is 0 Å². The zero-order chi connectivity index (χ0) is 10.1. The first kappa shape index (κ1) is 8.90. The van der Waals surface area contributed by atoms with Crippen molar-refractivity contribution >= 4 is 17.4 Å². The molecule has 0 saturated carbocycles. The van der Waals surface area contributed by atoms with Crippen molar-refractivity contribution in [3.05, 3.63) is 29.8 Å². The van der Waals surface area contributed by atoms with Crippen molar-refractivity contribution in [2.24, 2.45) is 0 Å². The minimum atomic E-state index is -0.759. The number of anilines is 1. The first-order valence-corrected chi connectivity index (χ1v) is 4.35. The molecule has 1 atom stereocenters. The number of para-hydroxylation sites is 1. The Kier molecular flexibility index (Phi) is 2.05. The summed E-state index contributed by atoms with van der Waals surface area (Å²) in [6.45, 7) is 0. The maximum Gasteiger partial charge on any atom is 0.249 e. The number of carbonyl (C=O) groups excluding carboxylic acids is 2. The van der Waals surface area contributed by atoms with Gasteiger partial charge in [0.2, 0.25) is 5.91 Å².